The van der Waals surface area contributed by atoms with E-state index in [9.17, 15) is 14.9 Å². The topological polar surface area (TPSA) is 193 Å². The number of nitro groups is 1. The maximum atomic E-state index is 13.2. The lowest BCUT2D eigenvalue weighted by Crippen LogP contribution is -2.26. The van der Waals surface area contributed by atoms with Crippen LogP contribution in [0.3, 0.4) is 0 Å². The van der Waals surface area contributed by atoms with Crippen LogP contribution in [0.15, 0.2) is 27.9 Å². The third kappa shape index (κ3) is 4.54. The minimum absolute atomic E-state index is 0.0248. The second-order valence-electron chi connectivity index (χ2n) is 7.53. The number of nitrogens with zero attached hydrogens (tertiary/aromatic N) is 8. The van der Waals surface area contributed by atoms with Crippen LogP contribution in [0.4, 0.5) is 11.5 Å². The molecule has 1 aromatic carbocycles. The van der Waals surface area contributed by atoms with E-state index in [1.54, 1.807) is 13.0 Å². The average molecular weight is 470 g/mol. The summed E-state index contributed by atoms with van der Waals surface area (Å²) < 4.78 is 10.8. The molecule has 0 saturated carbocycles. The van der Waals surface area contributed by atoms with Crippen LogP contribution in [0.5, 0.6) is 5.75 Å². The number of nitro benzene ring substituents is 1. The molecule has 0 atom stereocenters. The van der Waals surface area contributed by atoms with E-state index in [0.29, 0.717) is 23.5 Å². The SMILES string of the molecule is COc1ccc(C(C)=NNC(=O)c2c(CN3CCCC3)nnn2-c2nonc2N)cc1[N+](=O)[O-]. The number of nitrogens with one attached hydrogen (secondary N) is 1. The third-order valence-electron chi connectivity index (χ3n) is 5.34. The van der Waals surface area contributed by atoms with E-state index in [0.717, 1.165) is 30.6 Å². The number of nitrogens with two attached hydrogens (primary N) is 1. The zero-order valence-corrected chi connectivity index (χ0v) is 18.5. The zero-order chi connectivity index (χ0) is 24.2. The van der Waals surface area contributed by atoms with Gasteiger partial charge in [-0.2, -0.15) is 9.78 Å². The average Bonchev–Trinajstić information content (AvgIpc) is 3.58. The predicted octanol–water partition coefficient (Wildman–Crippen LogP) is 0.899. The molecule has 1 fully saturated rings. The van der Waals surface area contributed by atoms with Crippen molar-refractivity contribution >= 4 is 23.1 Å². The molecule has 34 heavy (non-hydrogen) atoms. The summed E-state index contributed by atoms with van der Waals surface area (Å²) in [6, 6.07) is 4.38. The molecule has 0 spiro atoms. The van der Waals surface area contributed by atoms with E-state index in [4.69, 9.17) is 10.5 Å². The van der Waals surface area contributed by atoms with Crippen LogP contribution >= 0.6 is 0 Å². The molecule has 15 nitrogen and oxygen atoms in total. The van der Waals surface area contributed by atoms with Crippen molar-refractivity contribution in [1.29, 1.82) is 0 Å². The van der Waals surface area contributed by atoms with Crippen LogP contribution in [-0.4, -0.2) is 66.9 Å². The molecule has 2 aromatic heterocycles. The number of nitrogen functional groups attached to an aromatic ring is 1. The minimum Gasteiger partial charge on any atom is -0.490 e. The van der Waals surface area contributed by atoms with Crippen molar-refractivity contribution in [3.05, 3.63) is 45.3 Å². The molecule has 1 saturated heterocycles. The maximum absolute atomic E-state index is 13.2. The molecule has 1 aliphatic heterocycles. The molecule has 1 amide bonds. The van der Waals surface area contributed by atoms with Gasteiger partial charge in [-0.15, -0.1) is 5.10 Å². The predicted molar refractivity (Wildman–Crippen MR) is 117 cm³/mol. The summed E-state index contributed by atoms with van der Waals surface area (Å²) >= 11 is 0. The quantitative estimate of drug-likeness (QED) is 0.270. The second kappa shape index (κ2) is 9.62. The van der Waals surface area contributed by atoms with Gasteiger partial charge in [-0.05, 0) is 55.3 Å². The summed E-state index contributed by atoms with van der Waals surface area (Å²) in [5.41, 5.74) is 9.28. The van der Waals surface area contributed by atoms with Gasteiger partial charge in [0, 0.05) is 18.2 Å². The lowest BCUT2D eigenvalue weighted by molar-refractivity contribution is -0.385. The van der Waals surface area contributed by atoms with Crippen LogP contribution in [0, 0.1) is 10.1 Å². The lowest BCUT2D eigenvalue weighted by atomic mass is 10.1. The van der Waals surface area contributed by atoms with E-state index >= 15 is 0 Å². The molecule has 3 N–H and O–H groups in total. The van der Waals surface area contributed by atoms with Crippen LogP contribution < -0.4 is 15.9 Å². The van der Waals surface area contributed by atoms with Gasteiger partial charge in [0.05, 0.1) is 17.7 Å². The molecule has 0 unspecified atom stereocenters. The number of likely N-dealkylation sites (tertiary alicyclic amines) is 1. The van der Waals surface area contributed by atoms with E-state index in [2.05, 4.69) is 40.7 Å². The molecule has 0 bridgehead atoms. The van der Waals surface area contributed by atoms with E-state index in [-0.39, 0.29) is 28.8 Å². The Balaban J connectivity index is 1.62. The second-order valence-corrected chi connectivity index (χ2v) is 7.53. The highest BCUT2D eigenvalue weighted by Gasteiger charge is 2.27. The summed E-state index contributed by atoms with van der Waals surface area (Å²) in [5.74, 6) is -0.538. The Bertz CT molecular complexity index is 1240. The van der Waals surface area contributed by atoms with Crippen molar-refractivity contribution < 1.29 is 19.1 Å². The Morgan fingerprint density at radius 1 is 1.35 bits per heavy atom. The van der Waals surface area contributed by atoms with Gasteiger partial charge in [0.1, 0.15) is 5.69 Å². The molecule has 1 aliphatic rings. The van der Waals surface area contributed by atoms with Gasteiger partial charge >= 0.3 is 5.69 Å². The molecule has 3 heterocycles. The number of anilines is 1. The zero-order valence-electron chi connectivity index (χ0n) is 18.5. The fourth-order valence-corrected chi connectivity index (χ4v) is 3.60. The van der Waals surface area contributed by atoms with Gasteiger partial charge in [0.15, 0.2) is 11.4 Å². The highest BCUT2D eigenvalue weighted by atomic mass is 16.6. The fraction of sp³-hybridized carbons (Fsp3) is 0.368. The van der Waals surface area contributed by atoms with E-state index in [1.165, 1.54) is 19.2 Å². The number of hydrogen-bond donors (Lipinski definition) is 2. The molecule has 3 aromatic rings. The molecule has 0 aliphatic carbocycles. The van der Waals surface area contributed by atoms with Crippen molar-refractivity contribution in [1.82, 2.24) is 35.6 Å². The first-order valence-electron chi connectivity index (χ1n) is 10.3. The van der Waals surface area contributed by atoms with E-state index < -0.39 is 10.8 Å². The Morgan fingerprint density at radius 2 is 2.12 bits per heavy atom. The van der Waals surface area contributed by atoms with Gasteiger partial charge in [0.25, 0.3) is 5.91 Å². The van der Waals surface area contributed by atoms with Crippen molar-refractivity contribution in [2.75, 3.05) is 25.9 Å². The number of benzene rings is 1. The van der Waals surface area contributed by atoms with Gasteiger partial charge in [-0.1, -0.05) is 5.21 Å². The number of carbonyl (C=O) groups is 1. The van der Waals surface area contributed by atoms with Crippen molar-refractivity contribution in [2.45, 2.75) is 26.3 Å². The highest BCUT2D eigenvalue weighted by Crippen LogP contribution is 2.27. The van der Waals surface area contributed by atoms with Crippen LogP contribution in [0.25, 0.3) is 5.82 Å². The van der Waals surface area contributed by atoms with Gasteiger partial charge in [-0.25, -0.2) is 10.1 Å². The molecule has 15 heteroatoms. The number of carbonyl (C=O) groups excluding carboxylic acids is 1. The maximum Gasteiger partial charge on any atom is 0.311 e. The number of hydrazone groups is 1. The van der Waals surface area contributed by atoms with E-state index in [1.807, 2.05) is 0 Å². The first-order valence-corrected chi connectivity index (χ1v) is 10.3. The summed E-state index contributed by atoms with van der Waals surface area (Å²) in [4.78, 5) is 26.1. The van der Waals surface area contributed by atoms with Crippen LogP contribution in [0.2, 0.25) is 0 Å². The number of aromatic nitrogens is 5. The number of rotatable bonds is 8. The van der Waals surface area contributed by atoms with Gasteiger partial charge in [-0.3, -0.25) is 19.8 Å². The van der Waals surface area contributed by atoms with Gasteiger partial charge < -0.3 is 10.5 Å². The Hall–Kier alpha value is -4.40. The molecular formula is C19H22N10O5. The Morgan fingerprint density at radius 3 is 2.76 bits per heavy atom. The molecule has 4 rings (SSSR count). The van der Waals surface area contributed by atoms with Gasteiger partial charge in [0.2, 0.25) is 11.6 Å². The normalized spacial score (nSPS) is 14.4. The Labute approximate surface area is 192 Å². The first-order chi connectivity index (χ1) is 16.4. The Kier molecular flexibility index (Phi) is 6.44. The largest absolute Gasteiger partial charge is 0.490 e. The summed E-state index contributed by atoms with van der Waals surface area (Å²) in [6.07, 6.45) is 2.13. The summed E-state index contributed by atoms with van der Waals surface area (Å²) in [6.45, 7) is 3.78. The minimum atomic E-state index is -0.621. The number of hydrogen-bond acceptors (Lipinski definition) is 12. The molecular weight excluding hydrogens is 448 g/mol. The van der Waals surface area contributed by atoms with Crippen LogP contribution in [-0.2, 0) is 6.54 Å². The standard InChI is InChI=1S/C19H22N10O5/c1-11(12-5-6-15(33-2)14(9-12)29(31)32)21-23-19(30)16-13(10-27-7-3-4-8-27)22-26-28(16)18-17(20)24-34-25-18/h5-6,9H,3-4,7-8,10H2,1-2H3,(H2,20,24)(H,23,30). The van der Waals surface area contributed by atoms with Crippen molar-refractivity contribution in [3.63, 3.8) is 0 Å². The first kappa shape index (κ1) is 22.8. The highest BCUT2D eigenvalue weighted by molar-refractivity contribution is 6.01. The fourth-order valence-electron chi connectivity index (χ4n) is 3.60. The van der Waals surface area contributed by atoms with Crippen molar-refractivity contribution in [2.24, 2.45) is 5.10 Å². The number of ether oxygens (including phenoxy) is 1. The third-order valence-corrected chi connectivity index (χ3v) is 5.34. The monoisotopic (exact) mass is 470 g/mol. The van der Waals surface area contributed by atoms with Crippen LogP contribution in [0.1, 0.15) is 41.5 Å². The lowest BCUT2D eigenvalue weighted by Gasteiger charge is -2.13. The van der Waals surface area contributed by atoms with Crippen molar-refractivity contribution in [3.8, 4) is 11.6 Å². The molecule has 178 valence electrons. The number of methoxy groups -OCH3 is 1. The number of amides is 1. The summed E-state index contributed by atoms with van der Waals surface area (Å²) in [7, 11) is 1.34. The smallest absolute Gasteiger partial charge is 0.311 e. The summed E-state index contributed by atoms with van der Waals surface area (Å²) in [5, 5.41) is 30.8. The molecule has 0 radical (unpaired) electrons.